The summed E-state index contributed by atoms with van der Waals surface area (Å²) >= 11 is 0. The quantitative estimate of drug-likeness (QED) is 0.415. The minimum absolute atomic E-state index is 0.00435. The molecule has 1 N–H and O–H groups in total. The number of hydrogen-bond donors (Lipinski definition) is 1. The molecule has 160 valence electrons. The van der Waals surface area contributed by atoms with Crippen molar-refractivity contribution in [2.45, 2.75) is 51.0 Å². The Bertz CT molecular complexity index is 774. The highest BCUT2D eigenvalue weighted by molar-refractivity contribution is 6.74. The van der Waals surface area contributed by atoms with Gasteiger partial charge in [-0.15, -0.1) is 0 Å². The standard InChI is InChI=1S/C20H30N2O6Si/c1-20(2,3)29(4,5)28-14-16-13-27-17(12-21(16)19(23)24)11-10-15-8-6-7-9-18(15)22(25)26/h6-11,16-17H,12-14H2,1-5H3,(H,23,24)/b11-10+/t16-,17+/m0/s1. The first-order valence-electron chi connectivity index (χ1n) is 9.59. The lowest BCUT2D eigenvalue weighted by Gasteiger charge is -2.41. The van der Waals surface area contributed by atoms with Crippen LogP contribution in [0.15, 0.2) is 30.3 Å². The highest BCUT2D eigenvalue weighted by atomic mass is 28.4. The summed E-state index contributed by atoms with van der Waals surface area (Å²) in [4.78, 5) is 23.8. The smallest absolute Gasteiger partial charge is 0.407 e. The van der Waals surface area contributed by atoms with Crippen LogP contribution in [0.1, 0.15) is 26.3 Å². The molecule has 0 saturated carbocycles. The Morgan fingerprint density at radius 3 is 2.66 bits per heavy atom. The number of nitro benzene ring substituents is 1. The third-order valence-corrected chi connectivity index (χ3v) is 10.1. The van der Waals surface area contributed by atoms with Crippen molar-refractivity contribution < 1.29 is 24.0 Å². The first-order chi connectivity index (χ1) is 13.4. The number of rotatable bonds is 6. The number of nitrogens with zero attached hydrogens (tertiary/aromatic N) is 2. The van der Waals surface area contributed by atoms with E-state index in [0.29, 0.717) is 12.2 Å². The van der Waals surface area contributed by atoms with E-state index >= 15 is 0 Å². The van der Waals surface area contributed by atoms with Gasteiger partial charge >= 0.3 is 6.09 Å². The zero-order chi connectivity index (χ0) is 21.8. The number of benzene rings is 1. The van der Waals surface area contributed by atoms with Crippen molar-refractivity contribution in [1.82, 2.24) is 4.90 Å². The summed E-state index contributed by atoms with van der Waals surface area (Å²) in [6, 6.07) is 6.01. The molecule has 0 radical (unpaired) electrons. The number of morpholine rings is 1. The number of para-hydroxylation sites is 1. The van der Waals surface area contributed by atoms with Crippen LogP contribution in [0.3, 0.4) is 0 Å². The second kappa shape index (κ2) is 9.06. The zero-order valence-electron chi connectivity index (χ0n) is 17.6. The van der Waals surface area contributed by atoms with Gasteiger partial charge in [0.1, 0.15) is 0 Å². The molecule has 2 atom stereocenters. The predicted octanol–water partition coefficient (Wildman–Crippen LogP) is 4.38. The van der Waals surface area contributed by atoms with Gasteiger partial charge in [-0.25, -0.2) is 4.79 Å². The Labute approximate surface area is 172 Å². The van der Waals surface area contributed by atoms with E-state index in [1.165, 1.54) is 11.0 Å². The van der Waals surface area contributed by atoms with E-state index in [1.807, 2.05) is 0 Å². The number of hydrogen-bond acceptors (Lipinski definition) is 5. The van der Waals surface area contributed by atoms with Gasteiger partial charge in [0.15, 0.2) is 8.32 Å². The normalized spacial score (nSPS) is 20.8. The summed E-state index contributed by atoms with van der Waals surface area (Å²) in [7, 11) is -2.00. The molecule has 1 amide bonds. The van der Waals surface area contributed by atoms with E-state index < -0.39 is 25.4 Å². The van der Waals surface area contributed by atoms with Gasteiger partial charge in [0, 0.05) is 6.07 Å². The lowest BCUT2D eigenvalue weighted by molar-refractivity contribution is -0.385. The summed E-state index contributed by atoms with van der Waals surface area (Å²) in [5, 5.41) is 20.8. The molecule has 8 nitrogen and oxygen atoms in total. The second-order valence-corrected chi connectivity index (χ2v) is 13.5. The van der Waals surface area contributed by atoms with E-state index in [-0.39, 0.29) is 29.9 Å². The Kier molecular flexibility index (Phi) is 7.20. The first-order valence-corrected chi connectivity index (χ1v) is 12.5. The van der Waals surface area contributed by atoms with E-state index in [4.69, 9.17) is 9.16 Å². The van der Waals surface area contributed by atoms with Crippen LogP contribution in [0.2, 0.25) is 18.1 Å². The molecule has 0 bridgehead atoms. The molecule has 1 heterocycles. The maximum Gasteiger partial charge on any atom is 0.407 e. The van der Waals surface area contributed by atoms with E-state index in [9.17, 15) is 20.0 Å². The van der Waals surface area contributed by atoms with E-state index in [2.05, 4.69) is 33.9 Å². The van der Waals surface area contributed by atoms with Gasteiger partial charge < -0.3 is 14.3 Å². The number of ether oxygens (including phenoxy) is 1. The Morgan fingerprint density at radius 2 is 2.07 bits per heavy atom. The van der Waals surface area contributed by atoms with Crippen LogP contribution in [0.5, 0.6) is 0 Å². The Morgan fingerprint density at radius 1 is 1.41 bits per heavy atom. The minimum Gasteiger partial charge on any atom is -0.465 e. The minimum atomic E-state index is -2.00. The average molecular weight is 423 g/mol. The lowest BCUT2D eigenvalue weighted by atomic mass is 10.1. The van der Waals surface area contributed by atoms with Gasteiger partial charge in [0.25, 0.3) is 5.69 Å². The van der Waals surface area contributed by atoms with Crippen molar-refractivity contribution in [1.29, 1.82) is 0 Å². The summed E-state index contributed by atoms with van der Waals surface area (Å²) < 4.78 is 12.0. The second-order valence-electron chi connectivity index (χ2n) is 8.71. The van der Waals surface area contributed by atoms with Gasteiger partial charge in [0.2, 0.25) is 0 Å². The molecule has 1 aromatic carbocycles. The van der Waals surface area contributed by atoms with E-state index in [1.54, 1.807) is 30.4 Å². The van der Waals surface area contributed by atoms with Gasteiger partial charge in [-0.1, -0.05) is 39.0 Å². The summed E-state index contributed by atoms with van der Waals surface area (Å²) in [5.41, 5.74) is 0.446. The monoisotopic (exact) mass is 422 g/mol. The van der Waals surface area contributed by atoms with Crippen molar-refractivity contribution in [3.05, 3.63) is 46.0 Å². The highest BCUT2D eigenvalue weighted by Crippen LogP contribution is 2.36. The van der Waals surface area contributed by atoms with Crippen molar-refractivity contribution in [2.75, 3.05) is 19.8 Å². The fourth-order valence-corrected chi connectivity index (χ4v) is 3.78. The number of carbonyl (C=O) groups is 1. The van der Waals surface area contributed by atoms with Crippen LogP contribution >= 0.6 is 0 Å². The van der Waals surface area contributed by atoms with Gasteiger partial charge in [-0.05, 0) is 30.3 Å². The molecule has 1 aromatic rings. The highest BCUT2D eigenvalue weighted by Gasteiger charge is 2.39. The molecule has 0 aromatic heterocycles. The molecular weight excluding hydrogens is 392 g/mol. The molecule has 9 heteroatoms. The maximum atomic E-state index is 11.8. The van der Waals surface area contributed by atoms with Crippen LogP contribution < -0.4 is 0 Å². The largest absolute Gasteiger partial charge is 0.465 e. The SMILES string of the molecule is CC(C)(C)[Si](C)(C)OC[C@@H]1CO[C@H](/C=C/c2ccccc2[N+](=O)[O-])CN1C(=O)O. The molecule has 1 fully saturated rings. The zero-order valence-corrected chi connectivity index (χ0v) is 18.6. The Balaban J connectivity index is 2.05. The maximum absolute atomic E-state index is 11.8. The van der Waals surface area contributed by atoms with Gasteiger partial charge in [0.05, 0.1) is 42.4 Å². The molecule has 1 aliphatic heterocycles. The van der Waals surface area contributed by atoms with Crippen molar-refractivity contribution in [3.63, 3.8) is 0 Å². The summed E-state index contributed by atoms with van der Waals surface area (Å²) in [5.74, 6) is 0. The number of nitro groups is 1. The van der Waals surface area contributed by atoms with Crippen LogP contribution in [-0.4, -0.2) is 61.2 Å². The van der Waals surface area contributed by atoms with Gasteiger partial charge in [-0.3, -0.25) is 15.0 Å². The topological polar surface area (TPSA) is 102 Å². The average Bonchev–Trinajstić information content (AvgIpc) is 2.64. The number of carboxylic acid groups (broad SMARTS) is 1. The van der Waals surface area contributed by atoms with Crippen molar-refractivity contribution >= 4 is 26.2 Å². The molecule has 1 aliphatic rings. The molecule has 2 rings (SSSR count). The van der Waals surface area contributed by atoms with Crippen LogP contribution in [0.25, 0.3) is 6.08 Å². The molecule has 0 aliphatic carbocycles. The molecule has 29 heavy (non-hydrogen) atoms. The van der Waals surface area contributed by atoms with E-state index in [0.717, 1.165) is 0 Å². The summed E-state index contributed by atoms with van der Waals surface area (Å²) in [6.07, 6.45) is 1.77. The molecule has 1 saturated heterocycles. The lowest BCUT2D eigenvalue weighted by Crippen LogP contribution is -2.55. The first kappa shape index (κ1) is 23.0. The fraction of sp³-hybridized carbons (Fsp3) is 0.550. The van der Waals surface area contributed by atoms with Crippen molar-refractivity contribution in [2.24, 2.45) is 0 Å². The van der Waals surface area contributed by atoms with Gasteiger partial charge in [-0.2, -0.15) is 0 Å². The predicted molar refractivity (Wildman–Crippen MR) is 114 cm³/mol. The molecule has 0 unspecified atom stereocenters. The van der Waals surface area contributed by atoms with Crippen LogP contribution in [0.4, 0.5) is 10.5 Å². The Hall–Kier alpha value is -2.23. The van der Waals surface area contributed by atoms with Crippen LogP contribution in [0, 0.1) is 10.1 Å². The molecular formula is C20H30N2O6Si. The third kappa shape index (κ3) is 5.88. The van der Waals surface area contributed by atoms with Crippen LogP contribution in [-0.2, 0) is 9.16 Å². The molecule has 0 spiro atoms. The van der Waals surface area contributed by atoms with Crippen molar-refractivity contribution in [3.8, 4) is 0 Å². The number of amides is 1. The fourth-order valence-electron chi connectivity index (χ4n) is 2.74. The third-order valence-electron chi connectivity index (χ3n) is 5.63. The summed E-state index contributed by atoms with van der Waals surface area (Å²) in [6.45, 7) is 11.3.